The number of piperidine rings is 1. The number of carbonyl (C=O) groups excluding carboxylic acids is 2. The topological polar surface area (TPSA) is 117 Å². The van der Waals surface area contributed by atoms with E-state index in [1.54, 1.807) is 6.20 Å². The summed E-state index contributed by atoms with van der Waals surface area (Å²) in [5.41, 5.74) is 1.79. The lowest BCUT2D eigenvalue weighted by Crippen LogP contribution is -2.62. The van der Waals surface area contributed by atoms with Crippen LogP contribution in [-0.2, 0) is 16.6 Å². The molecule has 2 unspecified atom stereocenters. The molecule has 10 nitrogen and oxygen atoms in total. The summed E-state index contributed by atoms with van der Waals surface area (Å²) in [4.78, 5) is 30.1. The molecule has 3 fully saturated rings. The predicted molar refractivity (Wildman–Crippen MR) is 170 cm³/mol. The largest absolute Gasteiger partial charge is 0.359 e. The Morgan fingerprint density at radius 1 is 1.07 bits per heavy atom. The number of rotatable bonds is 11. The predicted octanol–water partition coefficient (Wildman–Crippen LogP) is 4.21. The minimum absolute atomic E-state index is 0.102. The SMILES string of the molecule is CC(CC(=O)[C@@]1(C(=O)N[C@@H](C)c2ccc(-c3ccnn3C)cc2)NCCC1C)c1cc(N2CC(CC3CCNCC3)C2)no1. The molecule has 0 aliphatic carbocycles. The molecule has 2 aromatic heterocycles. The number of carbonyl (C=O) groups is 2. The Kier molecular flexibility index (Phi) is 8.91. The Morgan fingerprint density at radius 2 is 1.82 bits per heavy atom. The molecule has 0 spiro atoms. The zero-order valence-corrected chi connectivity index (χ0v) is 26.5. The van der Waals surface area contributed by atoms with Crippen LogP contribution >= 0.6 is 0 Å². The van der Waals surface area contributed by atoms with Crippen molar-refractivity contribution in [3.63, 3.8) is 0 Å². The van der Waals surface area contributed by atoms with Crippen LogP contribution in [0, 0.1) is 17.8 Å². The highest BCUT2D eigenvalue weighted by molar-refractivity contribution is 6.11. The van der Waals surface area contributed by atoms with Gasteiger partial charge in [-0.15, -0.1) is 0 Å². The van der Waals surface area contributed by atoms with Gasteiger partial charge in [-0.25, -0.2) is 0 Å². The second-order valence-electron chi connectivity index (χ2n) is 13.4. The first-order valence-electron chi connectivity index (χ1n) is 16.3. The molecule has 0 saturated carbocycles. The number of nitrogens with zero attached hydrogens (tertiary/aromatic N) is 4. The van der Waals surface area contributed by atoms with Crippen molar-refractivity contribution in [2.75, 3.05) is 37.6 Å². The third kappa shape index (κ3) is 6.06. The summed E-state index contributed by atoms with van der Waals surface area (Å²) in [5.74, 6) is 2.42. The maximum atomic E-state index is 14.0. The minimum Gasteiger partial charge on any atom is -0.359 e. The van der Waals surface area contributed by atoms with Crippen LogP contribution in [0.1, 0.15) is 76.2 Å². The van der Waals surface area contributed by atoms with Gasteiger partial charge in [-0.2, -0.15) is 5.10 Å². The van der Waals surface area contributed by atoms with Gasteiger partial charge in [-0.3, -0.25) is 19.6 Å². The number of hydrogen-bond donors (Lipinski definition) is 3. The first-order chi connectivity index (χ1) is 21.2. The number of aryl methyl sites for hydroxylation is 1. The second kappa shape index (κ2) is 12.9. The lowest BCUT2D eigenvalue weighted by atomic mass is 9.78. The highest BCUT2D eigenvalue weighted by Gasteiger charge is 2.53. The Hall–Kier alpha value is -3.50. The summed E-state index contributed by atoms with van der Waals surface area (Å²) in [6.45, 7) is 10.9. The van der Waals surface area contributed by atoms with Crippen LogP contribution < -0.4 is 20.9 Å². The Bertz CT molecular complexity index is 1440. The van der Waals surface area contributed by atoms with Crippen molar-refractivity contribution in [3.05, 3.63) is 53.9 Å². The van der Waals surface area contributed by atoms with Crippen LogP contribution in [0.3, 0.4) is 0 Å². The Balaban J connectivity index is 1.06. The lowest BCUT2D eigenvalue weighted by Gasteiger charge is -2.41. The average Bonchev–Trinajstić information content (AvgIpc) is 3.75. The Labute approximate surface area is 260 Å². The first-order valence-corrected chi connectivity index (χ1v) is 16.3. The maximum Gasteiger partial charge on any atom is 0.248 e. The van der Waals surface area contributed by atoms with Crippen LogP contribution in [0.4, 0.5) is 5.82 Å². The van der Waals surface area contributed by atoms with E-state index in [1.165, 1.54) is 19.3 Å². The van der Waals surface area contributed by atoms with Crippen LogP contribution in [0.25, 0.3) is 11.3 Å². The number of ketones is 1. The summed E-state index contributed by atoms with van der Waals surface area (Å²) in [7, 11) is 1.92. The molecule has 0 radical (unpaired) electrons. The van der Waals surface area contributed by atoms with E-state index < -0.39 is 5.54 Å². The van der Waals surface area contributed by atoms with E-state index >= 15 is 0 Å². The Morgan fingerprint density at radius 3 is 2.48 bits per heavy atom. The van der Waals surface area contributed by atoms with E-state index in [4.69, 9.17) is 4.52 Å². The van der Waals surface area contributed by atoms with Crippen LogP contribution in [0.2, 0.25) is 0 Å². The molecule has 3 aliphatic rings. The number of benzene rings is 1. The van der Waals surface area contributed by atoms with E-state index in [0.717, 1.165) is 61.2 Å². The molecule has 6 rings (SSSR count). The zero-order chi connectivity index (χ0) is 30.8. The van der Waals surface area contributed by atoms with Crippen molar-refractivity contribution in [1.29, 1.82) is 0 Å². The van der Waals surface area contributed by atoms with Gasteiger partial charge in [0.2, 0.25) is 5.91 Å². The van der Waals surface area contributed by atoms with Gasteiger partial charge in [0.25, 0.3) is 0 Å². The molecule has 3 aliphatic heterocycles. The molecule has 4 atom stereocenters. The van der Waals surface area contributed by atoms with Gasteiger partial charge in [0.1, 0.15) is 5.76 Å². The molecule has 3 saturated heterocycles. The molecular formula is C34H47N7O3. The van der Waals surface area contributed by atoms with Crippen molar-refractivity contribution in [1.82, 2.24) is 30.9 Å². The number of Topliss-reactive ketones (excluding diaryl/α,β-unsaturated/α-hetero) is 1. The third-order valence-electron chi connectivity index (χ3n) is 10.3. The zero-order valence-electron chi connectivity index (χ0n) is 26.5. The second-order valence-corrected chi connectivity index (χ2v) is 13.4. The van der Waals surface area contributed by atoms with E-state index in [0.29, 0.717) is 18.2 Å². The molecule has 0 bridgehead atoms. The highest BCUT2D eigenvalue weighted by atomic mass is 16.5. The van der Waals surface area contributed by atoms with Gasteiger partial charge in [-0.1, -0.05) is 43.3 Å². The molecule has 3 aromatic rings. The van der Waals surface area contributed by atoms with E-state index in [1.807, 2.05) is 68.9 Å². The fourth-order valence-corrected chi connectivity index (χ4v) is 7.37. The lowest BCUT2D eigenvalue weighted by molar-refractivity contribution is -0.139. The molecule has 1 aromatic carbocycles. The van der Waals surface area contributed by atoms with Gasteiger partial charge in [0.05, 0.1) is 11.7 Å². The fourth-order valence-electron chi connectivity index (χ4n) is 7.37. The number of hydrogen-bond acceptors (Lipinski definition) is 8. The maximum absolute atomic E-state index is 14.0. The van der Waals surface area contributed by atoms with Crippen molar-refractivity contribution in [3.8, 4) is 11.3 Å². The van der Waals surface area contributed by atoms with Crippen LogP contribution in [-0.4, -0.2) is 64.9 Å². The van der Waals surface area contributed by atoms with Crippen molar-refractivity contribution in [2.45, 2.75) is 70.4 Å². The van der Waals surface area contributed by atoms with Gasteiger partial charge < -0.3 is 20.1 Å². The molecule has 44 heavy (non-hydrogen) atoms. The molecule has 1 amide bonds. The van der Waals surface area contributed by atoms with Crippen molar-refractivity contribution in [2.24, 2.45) is 24.8 Å². The normalized spacial score (nSPS) is 24.2. The van der Waals surface area contributed by atoms with E-state index in [2.05, 4.69) is 31.1 Å². The fraction of sp³-hybridized carbons (Fsp3) is 0.588. The molecular weight excluding hydrogens is 554 g/mol. The smallest absolute Gasteiger partial charge is 0.248 e. The van der Waals surface area contributed by atoms with Gasteiger partial charge in [0.15, 0.2) is 17.1 Å². The first kappa shape index (κ1) is 30.5. The summed E-state index contributed by atoms with van der Waals surface area (Å²) in [6.07, 6.45) is 6.59. The minimum atomic E-state index is -1.26. The standard InChI is InChI=1S/C34H47N7O3/c1-22(30-19-32(39-44-30)41-20-26(21-41)18-25-10-13-35-14-11-25)17-31(42)34(23(2)9-15-36-34)33(43)38-24(3)27-5-7-28(8-6-27)29-12-16-37-40(29)4/h5-8,12,16,19,22-26,35-36H,9-11,13-15,17-18,20-21H2,1-4H3,(H,38,43)/t22?,23?,24-,34-/m0/s1. The quantitative estimate of drug-likeness (QED) is 0.280. The average molecular weight is 602 g/mol. The monoisotopic (exact) mass is 601 g/mol. The van der Waals surface area contributed by atoms with E-state index in [-0.39, 0.29) is 36.0 Å². The van der Waals surface area contributed by atoms with Crippen LogP contribution in [0.15, 0.2) is 47.1 Å². The number of nitrogens with one attached hydrogen (secondary N) is 3. The van der Waals surface area contributed by atoms with Gasteiger partial charge in [0, 0.05) is 44.7 Å². The van der Waals surface area contributed by atoms with Crippen LogP contribution in [0.5, 0.6) is 0 Å². The molecule has 5 heterocycles. The summed E-state index contributed by atoms with van der Waals surface area (Å²) >= 11 is 0. The van der Waals surface area contributed by atoms with E-state index in [9.17, 15) is 9.59 Å². The highest BCUT2D eigenvalue weighted by Crippen LogP contribution is 2.35. The number of anilines is 1. The summed E-state index contributed by atoms with van der Waals surface area (Å²) in [5, 5.41) is 18.5. The van der Waals surface area contributed by atoms with Gasteiger partial charge >= 0.3 is 0 Å². The molecule has 10 heteroatoms. The van der Waals surface area contributed by atoms with Gasteiger partial charge in [-0.05, 0) is 87.2 Å². The summed E-state index contributed by atoms with van der Waals surface area (Å²) in [6, 6.07) is 11.8. The van der Waals surface area contributed by atoms with Crippen molar-refractivity contribution >= 4 is 17.5 Å². The number of aromatic nitrogens is 3. The van der Waals surface area contributed by atoms with Crippen molar-refractivity contribution < 1.29 is 14.1 Å². The number of amides is 1. The summed E-state index contributed by atoms with van der Waals surface area (Å²) < 4.78 is 7.57. The molecule has 3 N–H and O–H groups in total. The third-order valence-corrected chi connectivity index (χ3v) is 10.3. The molecule has 236 valence electrons.